The molecule has 0 aromatic carbocycles. The van der Waals surface area contributed by atoms with Crippen molar-refractivity contribution in [1.29, 1.82) is 0 Å². The summed E-state index contributed by atoms with van der Waals surface area (Å²) in [5, 5.41) is -3.83. The Kier molecular flexibility index (Phi) is 3.45. The third-order valence-electron chi connectivity index (χ3n) is 0.936. The molecule has 64 valence electrons. The average Bonchev–Trinajstić information content (AvgIpc) is 1.85. The van der Waals surface area contributed by atoms with E-state index >= 15 is 0 Å². The number of hydrogen-bond donors (Lipinski definition) is 0. The topological polar surface area (TPSA) is 26.3 Å². The fourth-order valence-electron chi connectivity index (χ4n) is 0.325. The maximum Gasteiger partial charge on any atom is 0.384 e. The Bertz CT molecular complexity index is 184. The number of ketones is 1. The van der Waals surface area contributed by atoms with E-state index in [9.17, 15) is 13.6 Å². The van der Waals surface area contributed by atoms with Crippen molar-refractivity contribution in [2.45, 2.75) is 12.3 Å². The number of rotatable bonds is 3. The summed E-state index contributed by atoms with van der Waals surface area (Å²) in [7, 11) is 1.27. The highest BCUT2D eigenvalue weighted by molar-refractivity contribution is 6.34. The Hall–Kier alpha value is -0.640. The highest BCUT2D eigenvalue weighted by Crippen LogP contribution is 2.20. The van der Waals surface area contributed by atoms with E-state index in [-0.39, 0.29) is 5.76 Å². The summed E-state index contributed by atoms with van der Waals surface area (Å²) in [6.45, 7) is 1.38. The van der Waals surface area contributed by atoms with Gasteiger partial charge in [0, 0.05) is 6.08 Å². The lowest BCUT2D eigenvalue weighted by Gasteiger charge is -2.02. The number of alkyl halides is 3. The van der Waals surface area contributed by atoms with E-state index in [1.165, 1.54) is 14.0 Å². The zero-order valence-corrected chi connectivity index (χ0v) is 6.78. The van der Waals surface area contributed by atoms with Crippen LogP contribution in [0.25, 0.3) is 0 Å². The minimum Gasteiger partial charge on any atom is -0.501 e. The van der Waals surface area contributed by atoms with E-state index in [1.807, 2.05) is 0 Å². The molecule has 0 N–H and O–H groups in total. The highest BCUT2D eigenvalue weighted by Gasteiger charge is 2.33. The van der Waals surface area contributed by atoms with Crippen molar-refractivity contribution in [2.24, 2.45) is 0 Å². The first-order valence-electron chi connectivity index (χ1n) is 2.71. The van der Waals surface area contributed by atoms with E-state index < -0.39 is 11.2 Å². The van der Waals surface area contributed by atoms with Crippen LogP contribution in [0.5, 0.6) is 0 Å². The molecule has 2 nitrogen and oxygen atoms in total. The van der Waals surface area contributed by atoms with Crippen LogP contribution < -0.4 is 0 Å². The lowest BCUT2D eigenvalue weighted by atomic mass is 10.3. The Morgan fingerprint density at radius 3 is 2.36 bits per heavy atom. The summed E-state index contributed by atoms with van der Waals surface area (Å²) in [6, 6.07) is 0. The number of hydrogen-bond acceptors (Lipinski definition) is 2. The van der Waals surface area contributed by atoms with Gasteiger partial charge in [0.2, 0.25) is 5.78 Å². The zero-order valence-electron chi connectivity index (χ0n) is 6.03. The zero-order chi connectivity index (χ0) is 9.07. The van der Waals surface area contributed by atoms with Crippen molar-refractivity contribution in [3.8, 4) is 0 Å². The van der Waals surface area contributed by atoms with Crippen molar-refractivity contribution >= 4 is 17.4 Å². The quantitative estimate of drug-likeness (QED) is 0.381. The van der Waals surface area contributed by atoms with Gasteiger partial charge in [-0.3, -0.25) is 4.79 Å². The van der Waals surface area contributed by atoms with Gasteiger partial charge in [-0.05, 0) is 18.5 Å². The first-order valence-corrected chi connectivity index (χ1v) is 3.09. The van der Waals surface area contributed by atoms with Gasteiger partial charge in [-0.25, -0.2) is 0 Å². The van der Waals surface area contributed by atoms with Crippen LogP contribution in [0.4, 0.5) is 8.78 Å². The molecule has 0 saturated heterocycles. The van der Waals surface area contributed by atoms with E-state index in [1.54, 1.807) is 0 Å². The van der Waals surface area contributed by atoms with Crippen LogP contribution in [-0.2, 0) is 9.53 Å². The number of methoxy groups -OCH3 is 1. The number of ether oxygens (including phenoxy) is 1. The molecule has 0 bridgehead atoms. The number of allylic oxidation sites excluding steroid dienone is 2. The van der Waals surface area contributed by atoms with Gasteiger partial charge in [-0.15, -0.1) is 0 Å². The Balaban J connectivity index is 4.30. The molecule has 5 heteroatoms. The van der Waals surface area contributed by atoms with Crippen LogP contribution in [0.2, 0.25) is 0 Å². The number of carbonyl (C=O) groups is 1. The maximum absolute atomic E-state index is 11.9. The van der Waals surface area contributed by atoms with Crippen LogP contribution in [0, 0.1) is 0 Å². The smallest absolute Gasteiger partial charge is 0.384 e. The molecule has 0 aromatic rings. The van der Waals surface area contributed by atoms with Gasteiger partial charge in [0.15, 0.2) is 0 Å². The molecule has 0 fully saturated rings. The second-order valence-corrected chi connectivity index (χ2v) is 2.30. The predicted octanol–water partition coefficient (Wildman–Crippen LogP) is 1.94. The normalized spacial score (nSPS) is 13.0. The molecule has 11 heavy (non-hydrogen) atoms. The van der Waals surface area contributed by atoms with Crippen LogP contribution in [0.3, 0.4) is 0 Å². The molecular weight excluding hydrogens is 178 g/mol. The van der Waals surface area contributed by atoms with Crippen molar-refractivity contribution in [3.63, 3.8) is 0 Å². The third kappa shape index (κ3) is 3.93. The molecule has 0 aliphatic heterocycles. The molecule has 0 atom stereocenters. The highest BCUT2D eigenvalue weighted by atomic mass is 35.5. The van der Waals surface area contributed by atoms with Gasteiger partial charge in [0.1, 0.15) is 0 Å². The Labute approximate surface area is 67.8 Å². The molecule has 0 rings (SSSR count). The van der Waals surface area contributed by atoms with Gasteiger partial charge in [-0.1, -0.05) is 0 Å². The molecule has 0 unspecified atom stereocenters. The maximum atomic E-state index is 11.9. The van der Waals surface area contributed by atoms with Gasteiger partial charge in [0.25, 0.3) is 0 Å². The summed E-state index contributed by atoms with van der Waals surface area (Å²) < 4.78 is 28.3. The first kappa shape index (κ1) is 10.4. The van der Waals surface area contributed by atoms with Crippen molar-refractivity contribution in [3.05, 3.63) is 11.8 Å². The minimum absolute atomic E-state index is 0.0929. The van der Waals surface area contributed by atoms with Crippen molar-refractivity contribution in [1.82, 2.24) is 0 Å². The summed E-state index contributed by atoms with van der Waals surface area (Å²) >= 11 is 4.40. The Morgan fingerprint density at radius 2 is 2.09 bits per heavy atom. The Morgan fingerprint density at radius 1 is 1.64 bits per heavy atom. The number of halogens is 3. The molecule has 0 aliphatic carbocycles. The standard InChI is InChI=1S/C6H7ClF2O2/c1-4(11-2)3-5(10)6(7,8)9/h3H,1-2H3/b4-3+. The lowest BCUT2D eigenvalue weighted by Crippen LogP contribution is -2.19. The van der Waals surface area contributed by atoms with E-state index in [0.717, 1.165) is 0 Å². The van der Waals surface area contributed by atoms with Crippen LogP contribution >= 0.6 is 11.6 Å². The van der Waals surface area contributed by atoms with Crippen LogP contribution in [0.1, 0.15) is 6.92 Å². The lowest BCUT2D eigenvalue weighted by molar-refractivity contribution is -0.128. The van der Waals surface area contributed by atoms with Gasteiger partial charge < -0.3 is 4.74 Å². The van der Waals surface area contributed by atoms with E-state index in [0.29, 0.717) is 6.08 Å². The second-order valence-electron chi connectivity index (χ2n) is 1.82. The van der Waals surface area contributed by atoms with Gasteiger partial charge in [0.05, 0.1) is 12.9 Å². The van der Waals surface area contributed by atoms with Gasteiger partial charge in [-0.2, -0.15) is 8.78 Å². The molecule has 0 radical (unpaired) electrons. The van der Waals surface area contributed by atoms with Crippen LogP contribution in [0.15, 0.2) is 11.8 Å². The molecule has 0 aromatic heterocycles. The molecule has 0 amide bonds. The second kappa shape index (κ2) is 3.67. The fraction of sp³-hybridized carbons (Fsp3) is 0.500. The van der Waals surface area contributed by atoms with Crippen molar-refractivity contribution < 1.29 is 18.3 Å². The first-order chi connectivity index (χ1) is 4.88. The largest absolute Gasteiger partial charge is 0.501 e. The minimum atomic E-state index is -3.83. The molecule has 0 aliphatic rings. The summed E-state index contributed by atoms with van der Waals surface area (Å²) in [4.78, 5) is 10.4. The number of carbonyl (C=O) groups excluding carboxylic acids is 1. The van der Waals surface area contributed by atoms with Gasteiger partial charge >= 0.3 is 5.38 Å². The molecule has 0 saturated carbocycles. The predicted molar refractivity (Wildman–Crippen MR) is 36.6 cm³/mol. The monoisotopic (exact) mass is 184 g/mol. The molecule has 0 heterocycles. The SMILES string of the molecule is CO/C(C)=C/C(=O)C(F)(F)Cl. The average molecular weight is 185 g/mol. The van der Waals surface area contributed by atoms with E-state index in [4.69, 9.17) is 0 Å². The molecular formula is C6H7ClF2O2. The third-order valence-corrected chi connectivity index (χ3v) is 1.12. The summed E-state index contributed by atoms with van der Waals surface area (Å²) in [6.07, 6.45) is 0.646. The summed E-state index contributed by atoms with van der Waals surface area (Å²) in [5.74, 6) is -1.38. The van der Waals surface area contributed by atoms with Crippen LogP contribution in [-0.4, -0.2) is 18.3 Å². The summed E-state index contributed by atoms with van der Waals surface area (Å²) in [5.41, 5.74) is 0. The van der Waals surface area contributed by atoms with E-state index in [2.05, 4.69) is 16.3 Å². The molecule has 0 spiro atoms. The fourth-order valence-corrected chi connectivity index (χ4v) is 0.380. The van der Waals surface area contributed by atoms with Crippen molar-refractivity contribution in [2.75, 3.05) is 7.11 Å².